The Morgan fingerprint density at radius 3 is 2.30 bits per heavy atom. The van der Waals surface area contributed by atoms with E-state index >= 15 is 0 Å². The van der Waals surface area contributed by atoms with E-state index in [1.165, 1.54) is 19.5 Å². The van der Waals surface area contributed by atoms with Crippen molar-refractivity contribution < 1.29 is 24.2 Å². The number of carboxylic acid groups (broad SMARTS) is 1. The number of rotatable bonds is 5. The van der Waals surface area contributed by atoms with Gasteiger partial charge in [0.2, 0.25) is 0 Å². The number of likely N-dealkylation sites (N-methyl/N-ethyl adjacent to an activating group) is 1. The van der Waals surface area contributed by atoms with Gasteiger partial charge in [-0.1, -0.05) is 6.08 Å². The maximum Gasteiger partial charge on any atom is 0.417 e. The van der Waals surface area contributed by atoms with Gasteiger partial charge < -0.3 is 14.7 Å². The Labute approximate surface area is 136 Å². The Balaban J connectivity index is 3.31. The number of carbonyl (C=O) groups excluding carboxylic acids is 2. The molecule has 0 radical (unpaired) electrons. The SMILES string of the molecule is CCN(CC)C(=O)C1=CN(C(=O)OC)C=CC1C(C)(C)C(=O)O. The molecule has 0 saturated heterocycles. The van der Waals surface area contributed by atoms with Gasteiger partial charge in [0.15, 0.2) is 0 Å². The summed E-state index contributed by atoms with van der Waals surface area (Å²) in [5.41, 5.74) is -0.929. The van der Waals surface area contributed by atoms with Gasteiger partial charge in [-0.2, -0.15) is 0 Å². The summed E-state index contributed by atoms with van der Waals surface area (Å²) in [5.74, 6) is -1.95. The second-order valence-corrected chi connectivity index (χ2v) is 5.79. The fourth-order valence-electron chi connectivity index (χ4n) is 2.42. The second kappa shape index (κ2) is 7.30. The third kappa shape index (κ3) is 3.72. The summed E-state index contributed by atoms with van der Waals surface area (Å²) in [5, 5.41) is 9.48. The smallest absolute Gasteiger partial charge is 0.417 e. The first kappa shape index (κ1) is 18.7. The summed E-state index contributed by atoms with van der Waals surface area (Å²) in [6, 6.07) is 0. The summed E-state index contributed by atoms with van der Waals surface area (Å²) >= 11 is 0. The standard InChI is InChI=1S/C16H24N2O5/c1-6-17(7-2)13(19)11-10-18(15(22)23-5)9-8-12(11)16(3,4)14(20)21/h8-10,12H,6-7H2,1-5H3,(H,20,21). The number of amides is 2. The minimum Gasteiger partial charge on any atom is -0.481 e. The molecule has 1 N–H and O–H groups in total. The fraction of sp³-hybridized carbons (Fsp3) is 0.562. The molecule has 1 aliphatic rings. The first-order chi connectivity index (χ1) is 10.7. The molecule has 7 heteroatoms. The van der Waals surface area contributed by atoms with Gasteiger partial charge in [0.25, 0.3) is 5.91 Å². The topological polar surface area (TPSA) is 87.2 Å². The lowest BCUT2D eigenvalue weighted by Crippen LogP contribution is -2.42. The number of hydrogen-bond donors (Lipinski definition) is 1. The summed E-state index contributed by atoms with van der Waals surface area (Å²) in [7, 11) is 1.24. The molecule has 128 valence electrons. The summed E-state index contributed by atoms with van der Waals surface area (Å²) < 4.78 is 4.65. The molecule has 23 heavy (non-hydrogen) atoms. The molecule has 1 unspecified atom stereocenters. The van der Waals surface area contributed by atoms with Crippen molar-refractivity contribution in [3.63, 3.8) is 0 Å². The number of allylic oxidation sites excluding steroid dienone is 1. The molecule has 0 spiro atoms. The molecule has 0 aliphatic carbocycles. The van der Waals surface area contributed by atoms with Crippen molar-refractivity contribution in [1.29, 1.82) is 0 Å². The highest BCUT2D eigenvalue weighted by atomic mass is 16.5. The minimum absolute atomic E-state index is 0.258. The highest BCUT2D eigenvalue weighted by Gasteiger charge is 2.42. The van der Waals surface area contributed by atoms with Gasteiger partial charge in [0.05, 0.1) is 12.5 Å². The van der Waals surface area contributed by atoms with E-state index in [1.54, 1.807) is 24.8 Å². The molecule has 1 atom stereocenters. The minimum atomic E-state index is -1.19. The molecular weight excluding hydrogens is 300 g/mol. The molecule has 1 aliphatic heterocycles. The molecule has 0 aromatic carbocycles. The van der Waals surface area contributed by atoms with E-state index in [4.69, 9.17) is 0 Å². The number of carboxylic acids is 1. The zero-order chi connectivity index (χ0) is 17.8. The first-order valence-corrected chi connectivity index (χ1v) is 7.49. The van der Waals surface area contributed by atoms with Crippen LogP contribution in [0.1, 0.15) is 27.7 Å². The predicted molar refractivity (Wildman–Crippen MR) is 84.3 cm³/mol. The number of hydrogen-bond acceptors (Lipinski definition) is 4. The van der Waals surface area contributed by atoms with Gasteiger partial charge in [0, 0.05) is 37.0 Å². The van der Waals surface area contributed by atoms with E-state index in [9.17, 15) is 19.5 Å². The first-order valence-electron chi connectivity index (χ1n) is 7.49. The van der Waals surface area contributed by atoms with E-state index in [1.807, 2.05) is 13.8 Å². The molecule has 0 aromatic heterocycles. The van der Waals surface area contributed by atoms with Crippen LogP contribution in [-0.4, -0.2) is 53.1 Å². The monoisotopic (exact) mass is 324 g/mol. The van der Waals surface area contributed by atoms with E-state index in [2.05, 4.69) is 4.74 Å². The summed E-state index contributed by atoms with van der Waals surface area (Å²) in [6.07, 6.45) is 3.71. The number of methoxy groups -OCH3 is 1. The second-order valence-electron chi connectivity index (χ2n) is 5.79. The zero-order valence-electron chi connectivity index (χ0n) is 14.2. The number of carbonyl (C=O) groups is 3. The van der Waals surface area contributed by atoms with Gasteiger partial charge in [-0.05, 0) is 27.7 Å². The number of aliphatic carboxylic acids is 1. The molecule has 1 heterocycles. The van der Waals surface area contributed by atoms with E-state index in [0.29, 0.717) is 13.1 Å². The molecule has 1 rings (SSSR count). The molecule has 0 fully saturated rings. The van der Waals surface area contributed by atoms with Gasteiger partial charge in [-0.15, -0.1) is 0 Å². The highest BCUT2D eigenvalue weighted by Crippen LogP contribution is 2.37. The van der Waals surface area contributed by atoms with Gasteiger partial charge >= 0.3 is 12.1 Å². The van der Waals surface area contributed by atoms with Crippen LogP contribution in [0.2, 0.25) is 0 Å². The Morgan fingerprint density at radius 1 is 1.30 bits per heavy atom. The lowest BCUT2D eigenvalue weighted by atomic mass is 9.73. The van der Waals surface area contributed by atoms with Crippen molar-refractivity contribution >= 4 is 18.0 Å². The van der Waals surface area contributed by atoms with Crippen LogP contribution in [0.4, 0.5) is 4.79 Å². The molecule has 0 aromatic rings. The normalized spacial score (nSPS) is 17.5. The van der Waals surface area contributed by atoms with Gasteiger partial charge in [0.1, 0.15) is 0 Å². The van der Waals surface area contributed by atoms with Crippen LogP contribution in [0.5, 0.6) is 0 Å². The predicted octanol–water partition coefficient (Wildman–Crippen LogP) is 2.06. The van der Waals surface area contributed by atoms with Crippen LogP contribution in [0.3, 0.4) is 0 Å². The van der Waals surface area contributed by atoms with Crippen LogP contribution >= 0.6 is 0 Å². The van der Waals surface area contributed by atoms with Crippen molar-refractivity contribution in [2.24, 2.45) is 11.3 Å². The lowest BCUT2D eigenvalue weighted by molar-refractivity contribution is -0.148. The average Bonchev–Trinajstić information content (AvgIpc) is 2.54. The van der Waals surface area contributed by atoms with Gasteiger partial charge in [-0.3, -0.25) is 14.5 Å². The van der Waals surface area contributed by atoms with Crippen molar-refractivity contribution in [3.05, 3.63) is 24.0 Å². The lowest BCUT2D eigenvalue weighted by Gasteiger charge is -2.35. The van der Waals surface area contributed by atoms with Crippen LogP contribution in [0.25, 0.3) is 0 Å². The molecule has 2 amide bonds. The van der Waals surface area contributed by atoms with Crippen molar-refractivity contribution in [3.8, 4) is 0 Å². The number of ether oxygens (including phenoxy) is 1. The van der Waals surface area contributed by atoms with Crippen molar-refractivity contribution in [2.75, 3.05) is 20.2 Å². The third-order valence-electron chi connectivity index (χ3n) is 4.06. The van der Waals surface area contributed by atoms with Crippen molar-refractivity contribution in [1.82, 2.24) is 9.80 Å². The summed E-state index contributed by atoms with van der Waals surface area (Å²) in [4.78, 5) is 38.8. The van der Waals surface area contributed by atoms with Crippen LogP contribution < -0.4 is 0 Å². The van der Waals surface area contributed by atoms with Crippen LogP contribution in [0, 0.1) is 11.3 Å². The van der Waals surface area contributed by atoms with E-state index in [-0.39, 0.29) is 11.5 Å². The van der Waals surface area contributed by atoms with E-state index < -0.39 is 23.4 Å². The Hall–Kier alpha value is -2.31. The van der Waals surface area contributed by atoms with Crippen LogP contribution in [-0.2, 0) is 14.3 Å². The fourth-order valence-corrected chi connectivity index (χ4v) is 2.42. The average molecular weight is 324 g/mol. The Morgan fingerprint density at radius 2 is 1.87 bits per heavy atom. The highest BCUT2D eigenvalue weighted by molar-refractivity contribution is 5.96. The zero-order valence-corrected chi connectivity index (χ0v) is 14.2. The summed E-state index contributed by atoms with van der Waals surface area (Å²) in [6.45, 7) is 7.79. The quantitative estimate of drug-likeness (QED) is 0.836. The Kier molecular flexibility index (Phi) is 5.95. The Bertz CT molecular complexity index is 547. The molecule has 7 nitrogen and oxygen atoms in total. The van der Waals surface area contributed by atoms with Gasteiger partial charge in [-0.25, -0.2) is 4.79 Å². The third-order valence-corrected chi connectivity index (χ3v) is 4.06. The van der Waals surface area contributed by atoms with Crippen LogP contribution in [0.15, 0.2) is 24.0 Å². The maximum atomic E-state index is 12.7. The maximum absolute atomic E-state index is 12.7. The number of nitrogens with zero attached hydrogens (tertiary/aromatic N) is 2. The molecule has 0 bridgehead atoms. The molecular formula is C16H24N2O5. The molecule has 0 saturated carbocycles. The van der Waals surface area contributed by atoms with Crippen molar-refractivity contribution in [2.45, 2.75) is 27.7 Å². The largest absolute Gasteiger partial charge is 0.481 e. The van der Waals surface area contributed by atoms with E-state index in [0.717, 1.165) is 4.90 Å².